The van der Waals surface area contributed by atoms with Gasteiger partial charge in [0.1, 0.15) is 5.76 Å². The molecular weight excluding hydrogens is 318 g/mol. The monoisotopic (exact) mass is 345 g/mol. The smallest absolute Gasteiger partial charge is 0.191 e. The molecule has 3 rings (SSSR count). The Kier molecular flexibility index (Phi) is 6.93. The molecule has 0 aromatic carbocycles. The van der Waals surface area contributed by atoms with Crippen LogP contribution in [0.25, 0.3) is 0 Å². The Morgan fingerprint density at radius 2 is 2.28 bits per heavy atom. The third kappa shape index (κ3) is 6.26. The van der Waals surface area contributed by atoms with Crippen molar-refractivity contribution in [3.05, 3.63) is 42.6 Å². The minimum Gasteiger partial charge on any atom is -0.469 e. The quantitative estimate of drug-likeness (QED) is 0.411. The summed E-state index contributed by atoms with van der Waals surface area (Å²) in [6.07, 6.45) is 8.43. The average Bonchev–Trinajstić information content (AvgIpc) is 3.39. The molecule has 1 atom stereocenters. The minimum absolute atomic E-state index is 0.535. The zero-order chi connectivity index (χ0) is 17.2. The molecule has 0 bridgehead atoms. The Balaban J connectivity index is 1.41. The van der Waals surface area contributed by atoms with Crippen molar-refractivity contribution < 1.29 is 9.15 Å². The molecule has 1 aliphatic rings. The number of aromatic nitrogens is 2. The molecule has 7 nitrogen and oxygen atoms in total. The van der Waals surface area contributed by atoms with Crippen LogP contribution in [0, 0.1) is 5.92 Å². The highest BCUT2D eigenvalue weighted by Gasteiger charge is 2.15. The van der Waals surface area contributed by atoms with E-state index in [1.54, 1.807) is 12.5 Å². The number of furan rings is 1. The standard InChI is InChI=1S/C18H27N5O2/c1-4-17(25-12-1)5-9-20-18(21-14-16-6-13-24-15-16)19-7-2-10-23-11-3-8-22-23/h1,3-4,8,11-12,16H,2,5-7,9-10,13-15H2,(H2,19,20,21). The van der Waals surface area contributed by atoms with Gasteiger partial charge < -0.3 is 19.8 Å². The third-order valence-corrected chi connectivity index (χ3v) is 4.19. The summed E-state index contributed by atoms with van der Waals surface area (Å²) >= 11 is 0. The van der Waals surface area contributed by atoms with Crippen LogP contribution in [0.15, 0.2) is 46.3 Å². The number of aliphatic imine (C=N–C) groups is 1. The fourth-order valence-electron chi connectivity index (χ4n) is 2.76. The van der Waals surface area contributed by atoms with Gasteiger partial charge in [-0.1, -0.05) is 0 Å². The summed E-state index contributed by atoms with van der Waals surface area (Å²) < 4.78 is 12.7. The van der Waals surface area contributed by atoms with Crippen LogP contribution in [0.4, 0.5) is 0 Å². The van der Waals surface area contributed by atoms with Crippen LogP contribution in [0.3, 0.4) is 0 Å². The summed E-state index contributed by atoms with van der Waals surface area (Å²) in [4.78, 5) is 4.72. The number of ether oxygens (including phenoxy) is 1. The lowest BCUT2D eigenvalue weighted by molar-refractivity contribution is 0.187. The molecule has 1 aliphatic heterocycles. The normalized spacial score (nSPS) is 17.8. The van der Waals surface area contributed by atoms with Gasteiger partial charge in [-0.05, 0) is 31.0 Å². The van der Waals surface area contributed by atoms with Crippen molar-refractivity contribution in [3.8, 4) is 0 Å². The van der Waals surface area contributed by atoms with Crippen LogP contribution in [-0.4, -0.2) is 48.6 Å². The first-order valence-corrected chi connectivity index (χ1v) is 9.00. The Labute approximate surface area is 148 Å². The second-order valence-corrected chi connectivity index (χ2v) is 6.22. The van der Waals surface area contributed by atoms with E-state index in [0.717, 1.165) is 70.4 Å². The second kappa shape index (κ2) is 9.88. The Morgan fingerprint density at radius 1 is 1.32 bits per heavy atom. The summed E-state index contributed by atoms with van der Waals surface area (Å²) in [6.45, 7) is 5.03. The first-order chi connectivity index (χ1) is 12.4. The van der Waals surface area contributed by atoms with Crippen LogP contribution in [0.5, 0.6) is 0 Å². The van der Waals surface area contributed by atoms with Crippen LogP contribution < -0.4 is 10.6 Å². The maximum atomic E-state index is 5.43. The van der Waals surface area contributed by atoms with Gasteiger partial charge >= 0.3 is 0 Å². The molecule has 3 heterocycles. The fourth-order valence-corrected chi connectivity index (χ4v) is 2.76. The lowest BCUT2D eigenvalue weighted by Gasteiger charge is -2.13. The van der Waals surface area contributed by atoms with Crippen molar-refractivity contribution in [1.29, 1.82) is 0 Å². The molecule has 1 fully saturated rings. The predicted molar refractivity (Wildman–Crippen MR) is 96.5 cm³/mol. The van der Waals surface area contributed by atoms with Gasteiger partial charge in [0.05, 0.1) is 12.9 Å². The van der Waals surface area contributed by atoms with Crippen molar-refractivity contribution >= 4 is 5.96 Å². The first kappa shape index (κ1) is 17.5. The maximum absolute atomic E-state index is 5.43. The van der Waals surface area contributed by atoms with E-state index in [-0.39, 0.29) is 0 Å². The summed E-state index contributed by atoms with van der Waals surface area (Å²) in [6, 6.07) is 5.85. The van der Waals surface area contributed by atoms with E-state index < -0.39 is 0 Å². The van der Waals surface area contributed by atoms with Gasteiger partial charge in [0.15, 0.2) is 5.96 Å². The molecule has 0 amide bonds. The molecule has 0 saturated carbocycles. The molecule has 0 radical (unpaired) electrons. The molecule has 7 heteroatoms. The molecule has 2 aromatic rings. The van der Waals surface area contributed by atoms with Crippen molar-refractivity contribution in [1.82, 2.24) is 20.4 Å². The fraction of sp³-hybridized carbons (Fsp3) is 0.556. The van der Waals surface area contributed by atoms with Crippen molar-refractivity contribution in [3.63, 3.8) is 0 Å². The molecule has 1 unspecified atom stereocenters. The van der Waals surface area contributed by atoms with E-state index >= 15 is 0 Å². The van der Waals surface area contributed by atoms with Gasteiger partial charge in [0.2, 0.25) is 0 Å². The molecular formula is C18H27N5O2. The summed E-state index contributed by atoms with van der Waals surface area (Å²) in [5.41, 5.74) is 0. The molecule has 0 spiro atoms. The second-order valence-electron chi connectivity index (χ2n) is 6.22. The Bertz CT molecular complexity index is 603. The van der Waals surface area contributed by atoms with Gasteiger partial charge in [-0.25, -0.2) is 0 Å². The highest BCUT2D eigenvalue weighted by Crippen LogP contribution is 2.12. The van der Waals surface area contributed by atoms with E-state index in [2.05, 4.69) is 15.7 Å². The predicted octanol–water partition coefficient (Wildman–Crippen LogP) is 1.68. The maximum Gasteiger partial charge on any atom is 0.191 e. The largest absolute Gasteiger partial charge is 0.469 e. The number of nitrogens with one attached hydrogen (secondary N) is 2. The van der Waals surface area contributed by atoms with Crippen LogP contribution in [-0.2, 0) is 17.7 Å². The van der Waals surface area contributed by atoms with Crippen LogP contribution >= 0.6 is 0 Å². The van der Waals surface area contributed by atoms with E-state index in [1.807, 2.05) is 29.1 Å². The lowest BCUT2D eigenvalue weighted by Crippen LogP contribution is -2.39. The average molecular weight is 345 g/mol. The van der Waals surface area contributed by atoms with E-state index in [4.69, 9.17) is 14.1 Å². The van der Waals surface area contributed by atoms with E-state index in [0.29, 0.717) is 5.92 Å². The number of hydrogen-bond donors (Lipinski definition) is 2. The summed E-state index contributed by atoms with van der Waals surface area (Å²) in [7, 11) is 0. The van der Waals surface area contributed by atoms with Gasteiger partial charge in [-0.3, -0.25) is 9.67 Å². The molecule has 0 aliphatic carbocycles. The lowest BCUT2D eigenvalue weighted by atomic mass is 10.1. The number of aryl methyl sites for hydroxylation is 1. The molecule has 1 saturated heterocycles. The molecule has 25 heavy (non-hydrogen) atoms. The topological polar surface area (TPSA) is 76.6 Å². The van der Waals surface area contributed by atoms with E-state index in [1.165, 1.54) is 0 Å². The first-order valence-electron chi connectivity index (χ1n) is 9.00. The van der Waals surface area contributed by atoms with Gasteiger partial charge in [-0.15, -0.1) is 0 Å². The highest BCUT2D eigenvalue weighted by atomic mass is 16.5. The number of hydrogen-bond acceptors (Lipinski definition) is 4. The summed E-state index contributed by atoms with van der Waals surface area (Å²) in [5, 5.41) is 11.0. The third-order valence-electron chi connectivity index (χ3n) is 4.19. The SMILES string of the molecule is c1coc(CCNC(=NCC2CCOC2)NCCCn2cccn2)c1. The van der Waals surface area contributed by atoms with Crippen molar-refractivity contribution in [2.45, 2.75) is 25.8 Å². The number of guanidine groups is 1. The molecule has 2 aromatic heterocycles. The van der Waals surface area contributed by atoms with Crippen molar-refractivity contribution in [2.75, 3.05) is 32.8 Å². The van der Waals surface area contributed by atoms with Crippen molar-refractivity contribution in [2.24, 2.45) is 10.9 Å². The zero-order valence-corrected chi connectivity index (χ0v) is 14.6. The van der Waals surface area contributed by atoms with Crippen LogP contribution in [0.2, 0.25) is 0 Å². The Hall–Kier alpha value is -2.28. The van der Waals surface area contributed by atoms with Gasteiger partial charge in [-0.2, -0.15) is 5.10 Å². The minimum atomic E-state index is 0.535. The Morgan fingerprint density at radius 3 is 3.04 bits per heavy atom. The van der Waals surface area contributed by atoms with Gasteiger partial charge in [0, 0.05) is 57.5 Å². The van der Waals surface area contributed by atoms with Crippen LogP contribution in [0.1, 0.15) is 18.6 Å². The zero-order valence-electron chi connectivity index (χ0n) is 14.6. The highest BCUT2D eigenvalue weighted by molar-refractivity contribution is 5.79. The summed E-state index contributed by atoms with van der Waals surface area (Å²) in [5.74, 6) is 2.38. The number of nitrogens with zero attached hydrogens (tertiary/aromatic N) is 3. The number of rotatable bonds is 9. The van der Waals surface area contributed by atoms with E-state index in [9.17, 15) is 0 Å². The molecule has 2 N–H and O–H groups in total. The van der Waals surface area contributed by atoms with Gasteiger partial charge in [0.25, 0.3) is 0 Å². The molecule has 136 valence electrons.